The molecule has 5 heteroatoms. The van der Waals surface area contributed by atoms with Gasteiger partial charge in [-0.3, -0.25) is 4.79 Å². The topological polar surface area (TPSA) is 58.2 Å². The highest BCUT2D eigenvalue weighted by molar-refractivity contribution is 5.13. The van der Waals surface area contributed by atoms with Crippen molar-refractivity contribution in [3.05, 3.63) is 22.6 Å². The van der Waals surface area contributed by atoms with E-state index in [0.29, 0.717) is 5.75 Å². The van der Waals surface area contributed by atoms with Gasteiger partial charge in [0, 0.05) is 19.2 Å². The summed E-state index contributed by atoms with van der Waals surface area (Å²) in [4.78, 5) is 13.1. The lowest BCUT2D eigenvalue weighted by Crippen LogP contribution is -2.22. The fourth-order valence-electron chi connectivity index (χ4n) is 1.61. The van der Waals surface area contributed by atoms with Gasteiger partial charge in [0.15, 0.2) is 0 Å². The highest BCUT2D eigenvalue weighted by Crippen LogP contribution is 2.14. The van der Waals surface area contributed by atoms with Crippen LogP contribution in [-0.2, 0) is 0 Å². The number of nitrogens with zero attached hydrogens (tertiary/aromatic N) is 2. The van der Waals surface area contributed by atoms with Crippen molar-refractivity contribution in [3.63, 3.8) is 0 Å². The molecular formula is C9H13N3O2. The maximum absolute atomic E-state index is 10.9. The normalized spacial score (nSPS) is 22.5. The van der Waals surface area contributed by atoms with Crippen LogP contribution in [0.3, 0.4) is 0 Å². The maximum Gasteiger partial charge on any atom is 0.267 e. The first-order valence-corrected chi connectivity index (χ1v) is 4.64. The van der Waals surface area contributed by atoms with E-state index < -0.39 is 0 Å². The van der Waals surface area contributed by atoms with E-state index in [1.807, 2.05) is 0 Å². The quantitative estimate of drug-likeness (QED) is 0.713. The lowest BCUT2D eigenvalue weighted by Gasteiger charge is -2.12. The van der Waals surface area contributed by atoms with Crippen LogP contribution in [0.2, 0.25) is 0 Å². The minimum absolute atomic E-state index is 0.184. The average Bonchev–Trinajstić information content (AvgIpc) is 2.51. The molecule has 5 nitrogen and oxygen atoms in total. The van der Waals surface area contributed by atoms with Crippen molar-refractivity contribution in [2.75, 3.05) is 20.1 Å². The summed E-state index contributed by atoms with van der Waals surface area (Å²) in [6.45, 7) is 1.95. The van der Waals surface area contributed by atoms with Crippen molar-refractivity contribution < 1.29 is 4.74 Å². The Balaban J connectivity index is 2.01. The molecule has 0 spiro atoms. The number of likely N-dealkylation sites (tertiary alicyclic amines) is 1. The zero-order chi connectivity index (χ0) is 9.97. The third kappa shape index (κ3) is 2.11. The first kappa shape index (κ1) is 9.21. The highest BCUT2D eigenvalue weighted by atomic mass is 16.5. The van der Waals surface area contributed by atoms with Gasteiger partial charge in [-0.05, 0) is 13.5 Å². The van der Waals surface area contributed by atoms with Crippen LogP contribution in [0.4, 0.5) is 0 Å². The summed E-state index contributed by atoms with van der Waals surface area (Å²) in [5.41, 5.74) is -0.228. The van der Waals surface area contributed by atoms with Gasteiger partial charge >= 0.3 is 0 Å². The lowest BCUT2D eigenvalue weighted by atomic mass is 10.3. The van der Waals surface area contributed by atoms with Crippen LogP contribution >= 0.6 is 0 Å². The SMILES string of the molecule is CN1CCC(Oc2cn[nH]c(=O)c2)C1. The second-order valence-corrected chi connectivity index (χ2v) is 3.57. The van der Waals surface area contributed by atoms with E-state index in [9.17, 15) is 4.79 Å². The van der Waals surface area contributed by atoms with Gasteiger partial charge in [-0.1, -0.05) is 0 Å². The van der Waals surface area contributed by atoms with Crippen LogP contribution in [0.15, 0.2) is 17.1 Å². The smallest absolute Gasteiger partial charge is 0.267 e. The number of likely N-dealkylation sites (N-methyl/N-ethyl adjacent to an activating group) is 1. The molecule has 1 saturated heterocycles. The van der Waals surface area contributed by atoms with Gasteiger partial charge in [0.2, 0.25) is 0 Å². The molecule has 76 valence electrons. The van der Waals surface area contributed by atoms with Gasteiger partial charge in [-0.15, -0.1) is 0 Å². The Morgan fingerprint density at radius 1 is 1.71 bits per heavy atom. The molecule has 0 amide bonds. The van der Waals surface area contributed by atoms with Crippen LogP contribution in [0.5, 0.6) is 5.75 Å². The van der Waals surface area contributed by atoms with E-state index >= 15 is 0 Å². The fraction of sp³-hybridized carbons (Fsp3) is 0.556. The van der Waals surface area contributed by atoms with E-state index in [4.69, 9.17) is 4.74 Å². The predicted molar refractivity (Wildman–Crippen MR) is 51.4 cm³/mol. The Kier molecular flexibility index (Phi) is 2.49. The molecule has 1 aromatic rings. The summed E-state index contributed by atoms with van der Waals surface area (Å²) in [5.74, 6) is 0.550. The van der Waals surface area contributed by atoms with E-state index in [1.54, 1.807) is 0 Å². The van der Waals surface area contributed by atoms with Gasteiger partial charge in [-0.2, -0.15) is 5.10 Å². The molecular weight excluding hydrogens is 182 g/mol. The Hall–Kier alpha value is -1.36. The molecule has 0 aromatic carbocycles. The fourth-order valence-corrected chi connectivity index (χ4v) is 1.61. The minimum Gasteiger partial charge on any atom is -0.487 e. The largest absolute Gasteiger partial charge is 0.487 e. The minimum atomic E-state index is -0.228. The molecule has 1 fully saturated rings. The molecule has 1 atom stereocenters. The zero-order valence-electron chi connectivity index (χ0n) is 8.06. The van der Waals surface area contributed by atoms with E-state index in [1.165, 1.54) is 12.3 Å². The van der Waals surface area contributed by atoms with E-state index in [-0.39, 0.29) is 11.7 Å². The third-order valence-electron chi connectivity index (χ3n) is 2.29. The van der Waals surface area contributed by atoms with E-state index in [2.05, 4.69) is 22.1 Å². The third-order valence-corrected chi connectivity index (χ3v) is 2.29. The molecule has 1 aromatic heterocycles. The van der Waals surface area contributed by atoms with E-state index in [0.717, 1.165) is 19.5 Å². The molecule has 0 bridgehead atoms. The Morgan fingerprint density at radius 3 is 3.21 bits per heavy atom. The molecule has 2 rings (SSSR count). The second-order valence-electron chi connectivity index (χ2n) is 3.57. The van der Waals surface area contributed by atoms with Gasteiger partial charge in [0.25, 0.3) is 5.56 Å². The number of aromatic amines is 1. The van der Waals surface area contributed by atoms with Gasteiger partial charge in [0.1, 0.15) is 11.9 Å². The maximum atomic E-state index is 10.9. The first-order chi connectivity index (χ1) is 6.74. The number of aromatic nitrogens is 2. The van der Waals surface area contributed by atoms with Gasteiger partial charge < -0.3 is 9.64 Å². The van der Waals surface area contributed by atoms with Crippen molar-refractivity contribution in [2.45, 2.75) is 12.5 Å². The number of nitrogens with one attached hydrogen (secondary N) is 1. The molecule has 14 heavy (non-hydrogen) atoms. The molecule has 1 unspecified atom stereocenters. The standard InChI is InChI=1S/C9H13N3O2/c1-12-3-2-7(6-12)14-8-4-9(13)11-10-5-8/h4-5,7H,2-3,6H2,1H3,(H,11,13). The van der Waals surface area contributed by atoms with Crippen LogP contribution in [0, 0.1) is 0 Å². The van der Waals surface area contributed by atoms with Crippen LogP contribution in [-0.4, -0.2) is 41.3 Å². The summed E-state index contributed by atoms with van der Waals surface area (Å²) >= 11 is 0. The molecule has 2 heterocycles. The highest BCUT2D eigenvalue weighted by Gasteiger charge is 2.20. The average molecular weight is 195 g/mol. The Bertz CT molecular complexity index is 363. The number of hydrogen-bond acceptors (Lipinski definition) is 4. The summed E-state index contributed by atoms with van der Waals surface area (Å²) in [7, 11) is 2.05. The Labute approximate surface area is 81.7 Å². The van der Waals surface area contributed by atoms with Crippen LogP contribution < -0.4 is 10.3 Å². The molecule has 1 aliphatic rings. The zero-order valence-corrected chi connectivity index (χ0v) is 8.06. The van der Waals surface area contributed by atoms with Crippen molar-refractivity contribution in [2.24, 2.45) is 0 Å². The summed E-state index contributed by atoms with van der Waals surface area (Å²) in [6.07, 6.45) is 2.71. The number of hydrogen-bond donors (Lipinski definition) is 1. The van der Waals surface area contributed by atoms with Crippen LogP contribution in [0.25, 0.3) is 0 Å². The van der Waals surface area contributed by atoms with Crippen molar-refractivity contribution in [1.82, 2.24) is 15.1 Å². The molecule has 1 N–H and O–H groups in total. The van der Waals surface area contributed by atoms with Gasteiger partial charge in [0.05, 0.1) is 6.20 Å². The molecule has 0 radical (unpaired) electrons. The van der Waals surface area contributed by atoms with Crippen molar-refractivity contribution in [1.29, 1.82) is 0 Å². The van der Waals surface area contributed by atoms with Crippen LogP contribution in [0.1, 0.15) is 6.42 Å². The second kappa shape index (κ2) is 3.79. The summed E-state index contributed by atoms with van der Waals surface area (Å²) < 4.78 is 5.60. The molecule has 0 aliphatic carbocycles. The summed E-state index contributed by atoms with van der Waals surface area (Å²) in [6, 6.07) is 1.42. The molecule has 1 aliphatic heterocycles. The Morgan fingerprint density at radius 2 is 2.57 bits per heavy atom. The van der Waals surface area contributed by atoms with Gasteiger partial charge in [-0.25, -0.2) is 5.10 Å². The monoisotopic (exact) mass is 195 g/mol. The molecule has 0 saturated carbocycles. The van der Waals surface area contributed by atoms with Crippen molar-refractivity contribution in [3.8, 4) is 5.75 Å². The first-order valence-electron chi connectivity index (χ1n) is 4.64. The van der Waals surface area contributed by atoms with Crippen molar-refractivity contribution >= 4 is 0 Å². The predicted octanol–water partition coefficient (Wildman–Crippen LogP) is -0.147. The number of ether oxygens (including phenoxy) is 1. The summed E-state index contributed by atoms with van der Waals surface area (Å²) in [5, 5.41) is 5.98. The lowest BCUT2D eigenvalue weighted by molar-refractivity contribution is 0.207. The number of H-pyrrole nitrogens is 1. The number of rotatable bonds is 2.